The highest BCUT2D eigenvalue weighted by Crippen LogP contribution is 2.25. The Morgan fingerprint density at radius 2 is 1.57 bits per heavy atom. The maximum atomic E-state index is 13.6. The number of non-ortho nitro benzene ring substituents is 1. The molecule has 0 unspecified atom stereocenters. The van der Waals surface area contributed by atoms with Crippen LogP contribution in [0, 0.1) is 10.1 Å². The average molecular weight is 551 g/mol. The summed E-state index contributed by atoms with van der Waals surface area (Å²) in [5, 5.41) is 15.0. The van der Waals surface area contributed by atoms with Crippen molar-refractivity contribution in [2.24, 2.45) is 0 Å². The fraction of sp³-hybridized carbons (Fsp3) is 0.129. The molecule has 1 amide bonds. The van der Waals surface area contributed by atoms with E-state index in [1.54, 1.807) is 28.8 Å². The second-order valence-electron chi connectivity index (χ2n) is 9.20. The summed E-state index contributed by atoms with van der Waals surface area (Å²) in [4.78, 5) is 42.1. The Bertz CT molecular complexity index is 1720. The second-order valence-corrected chi connectivity index (χ2v) is 10.1. The third-order valence-corrected chi connectivity index (χ3v) is 7.48. The molecule has 5 rings (SSSR count). The monoisotopic (exact) mass is 550 g/mol. The summed E-state index contributed by atoms with van der Waals surface area (Å²) in [6.45, 7) is 0.804. The van der Waals surface area contributed by atoms with Crippen molar-refractivity contribution in [1.29, 1.82) is 0 Å². The van der Waals surface area contributed by atoms with Crippen LogP contribution in [0.4, 0.5) is 5.69 Å². The van der Waals surface area contributed by atoms with E-state index in [2.05, 4.69) is 5.32 Å². The van der Waals surface area contributed by atoms with E-state index < -0.39 is 4.92 Å². The SMILES string of the molecule is O=C(NCc1ccccc1)c1ccc2c(=O)n(CCc3ccccc3)c(SCc3cccc([N+](=O)[O-])c3)nc2c1. The van der Waals surface area contributed by atoms with Crippen LogP contribution in [0.5, 0.6) is 0 Å². The fourth-order valence-electron chi connectivity index (χ4n) is 4.32. The number of aryl methyl sites for hydroxylation is 1. The van der Waals surface area contributed by atoms with Crippen molar-refractivity contribution in [2.45, 2.75) is 30.4 Å². The van der Waals surface area contributed by atoms with Crippen LogP contribution in [-0.4, -0.2) is 20.4 Å². The van der Waals surface area contributed by atoms with E-state index in [-0.39, 0.29) is 17.2 Å². The number of nitro benzene ring substituents is 1. The predicted octanol–water partition coefficient (Wildman–Crippen LogP) is 5.77. The number of nitro groups is 1. The Morgan fingerprint density at radius 1 is 0.875 bits per heavy atom. The number of hydrogen-bond acceptors (Lipinski definition) is 6. The molecule has 0 saturated heterocycles. The molecular weight excluding hydrogens is 524 g/mol. The minimum absolute atomic E-state index is 0.0113. The van der Waals surface area contributed by atoms with Crippen molar-refractivity contribution in [3.05, 3.63) is 146 Å². The predicted molar refractivity (Wildman–Crippen MR) is 156 cm³/mol. The minimum Gasteiger partial charge on any atom is -0.348 e. The van der Waals surface area contributed by atoms with Gasteiger partial charge in [-0.2, -0.15) is 0 Å². The van der Waals surface area contributed by atoms with Gasteiger partial charge in [0.1, 0.15) is 0 Å². The van der Waals surface area contributed by atoms with Crippen molar-refractivity contribution >= 4 is 34.3 Å². The van der Waals surface area contributed by atoms with Crippen molar-refractivity contribution in [1.82, 2.24) is 14.9 Å². The summed E-state index contributed by atoms with van der Waals surface area (Å²) in [6, 6.07) is 30.8. The number of thioether (sulfide) groups is 1. The number of nitrogens with zero attached hydrogens (tertiary/aromatic N) is 3. The molecule has 9 heteroatoms. The minimum atomic E-state index is -0.428. The van der Waals surface area contributed by atoms with E-state index in [1.165, 1.54) is 23.9 Å². The Morgan fingerprint density at radius 3 is 2.30 bits per heavy atom. The number of carbonyl (C=O) groups is 1. The van der Waals surface area contributed by atoms with E-state index in [0.717, 1.165) is 16.7 Å². The van der Waals surface area contributed by atoms with Crippen molar-refractivity contribution in [3.8, 4) is 0 Å². The molecule has 0 aliphatic carbocycles. The van der Waals surface area contributed by atoms with Gasteiger partial charge in [0.05, 0.1) is 15.8 Å². The third kappa shape index (κ3) is 6.44. The van der Waals surface area contributed by atoms with Crippen LogP contribution in [0.1, 0.15) is 27.0 Å². The van der Waals surface area contributed by atoms with Gasteiger partial charge in [-0.15, -0.1) is 0 Å². The van der Waals surface area contributed by atoms with E-state index in [0.29, 0.717) is 46.9 Å². The van der Waals surface area contributed by atoms with Crippen LogP contribution < -0.4 is 10.9 Å². The highest BCUT2D eigenvalue weighted by Gasteiger charge is 2.15. The molecule has 200 valence electrons. The van der Waals surface area contributed by atoms with Gasteiger partial charge in [-0.05, 0) is 41.3 Å². The Labute approximate surface area is 234 Å². The number of carbonyl (C=O) groups excluding carboxylic acids is 1. The van der Waals surface area contributed by atoms with Gasteiger partial charge >= 0.3 is 0 Å². The van der Waals surface area contributed by atoms with Gasteiger partial charge in [-0.3, -0.25) is 24.3 Å². The number of benzene rings is 4. The summed E-state index contributed by atoms with van der Waals surface area (Å²) >= 11 is 1.34. The molecule has 40 heavy (non-hydrogen) atoms. The summed E-state index contributed by atoms with van der Waals surface area (Å²) < 4.78 is 1.65. The molecule has 5 aromatic rings. The molecule has 1 aromatic heterocycles. The van der Waals surface area contributed by atoms with Crippen LogP contribution in [0.2, 0.25) is 0 Å². The molecular formula is C31H26N4O4S. The van der Waals surface area contributed by atoms with Crippen LogP contribution >= 0.6 is 11.8 Å². The molecule has 1 N–H and O–H groups in total. The van der Waals surface area contributed by atoms with E-state index in [9.17, 15) is 19.7 Å². The molecule has 0 fully saturated rings. The average Bonchev–Trinajstić information content (AvgIpc) is 2.99. The van der Waals surface area contributed by atoms with E-state index >= 15 is 0 Å². The van der Waals surface area contributed by atoms with Gasteiger partial charge in [-0.25, -0.2) is 4.98 Å². The normalized spacial score (nSPS) is 10.9. The summed E-state index contributed by atoms with van der Waals surface area (Å²) in [5.74, 6) is 0.133. The molecule has 1 heterocycles. The van der Waals surface area contributed by atoms with Gasteiger partial charge in [0.15, 0.2) is 5.16 Å². The Kier molecular flexibility index (Phi) is 8.32. The Hall–Kier alpha value is -4.76. The van der Waals surface area contributed by atoms with Gasteiger partial charge < -0.3 is 5.32 Å². The molecule has 8 nitrogen and oxygen atoms in total. The second kappa shape index (κ2) is 12.4. The molecule has 0 bridgehead atoms. The number of amides is 1. The fourth-order valence-corrected chi connectivity index (χ4v) is 5.29. The molecule has 0 aliphatic heterocycles. The zero-order valence-corrected chi connectivity index (χ0v) is 22.3. The van der Waals surface area contributed by atoms with E-state index in [4.69, 9.17) is 4.98 Å². The Balaban J connectivity index is 1.45. The maximum Gasteiger partial charge on any atom is 0.269 e. The maximum absolute atomic E-state index is 13.6. The van der Waals surface area contributed by atoms with Crippen molar-refractivity contribution < 1.29 is 9.72 Å². The largest absolute Gasteiger partial charge is 0.348 e. The first-order valence-electron chi connectivity index (χ1n) is 12.7. The lowest BCUT2D eigenvalue weighted by atomic mass is 10.1. The first-order chi connectivity index (χ1) is 19.5. The zero-order valence-electron chi connectivity index (χ0n) is 21.5. The summed E-state index contributed by atoms with van der Waals surface area (Å²) in [7, 11) is 0. The molecule has 4 aromatic carbocycles. The number of aromatic nitrogens is 2. The standard InChI is InChI=1S/C31H26N4O4S/c36-29(32-20-23-10-5-2-6-11-23)25-14-15-27-28(19-25)33-31(40-21-24-12-7-13-26(18-24)35(38)39)34(30(27)37)17-16-22-8-3-1-4-9-22/h1-15,18-19H,16-17,20-21H2,(H,32,36). The van der Waals surface area contributed by atoms with Crippen molar-refractivity contribution in [3.63, 3.8) is 0 Å². The third-order valence-electron chi connectivity index (χ3n) is 6.43. The number of fused-ring (bicyclic) bond motifs is 1. The zero-order chi connectivity index (χ0) is 27.9. The molecule has 0 spiro atoms. The molecule has 0 atom stereocenters. The quantitative estimate of drug-likeness (QED) is 0.102. The number of nitrogens with one attached hydrogen (secondary N) is 1. The lowest BCUT2D eigenvalue weighted by Crippen LogP contribution is -2.25. The topological polar surface area (TPSA) is 107 Å². The van der Waals surface area contributed by atoms with Crippen LogP contribution in [-0.2, 0) is 25.3 Å². The van der Waals surface area contributed by atoms with Gasteiger partial charge in [0, 0.05) is 36.5 Å². The lowest BCUT2D eigenvalue weighted by molar-refractivity contribution is -0.384. The lowest BCUT2D eigenvalue weighted by Gasteiger charge is -2.14. The number of rotatable bonds is 10. The van der Waals surface area contributed by atoms with Crippen molar-refractivity contribution in [2.75, 3.05) is 0 Å². The highest BCUT2D eigenvalue weighted by molar-refractivity contribution is 7.98. The summed E-state index contributed by atoms with van der Waals surface area (Å²) in [6.07, 6.45) is 0.637. The first-order valence-corrected chi connectivity index (χ1v) is 13.7. The summed E-state index contributed by atoms with van der Waals surface area (Å²) in [5.41, 5.74) is 3.47. The van der Waals surface area contributed by atoms with Crippen LogP contribution in [0.25, 0.3) is 10.9 Å². The highest BCUT2D eigenvalue weighted by atomic mass is 32.2. The van der Waals surface area contributed by atoms with Crippen LogP contribution in [0.15, 0.2) is 113 Å². The van der Waals surface area contributed by atoms with Crippen LogP contribution in [0.3, 0.4) is 0 Å². The smallest absolute Gasteiger partial charge is 0.269 e. The van der Waals surface area contributed by atoms with Gasteiger partial charge in [-0.1, -0.05) is 84.6 Å². The van der Waals surface area contributed by atoms with Gasteiger partial charge in [0.25, 0.3) is 17.2 Å². The molecule has 0 saturated carbocycles. The number of hydrogen-bond donors (Lipinski definition) is 1. The molecule has 0 radical (unpaired) electrons. The molecule has 0 aliphatic rings. The van der Waals surface area contributed by atoms with Gasteiger partial charge in [0.2, 0.25) is 0 Å². The van der Waals surface area contributed by atoms with E-state index in [1.807, 2.05) is 66.7 Å². The first kappa shape index (κ1) is 26.8.